The Morgan fingerprint density at radius 3 is 2.33 bits per heavy atom. The summed E-state index contributed by atoms with van der Waals surface area (Å²) in [5, 5.41) is 11.0. The normalized spacial score (nSPS) is 11.8. The van der Waals surface area contributed by atoms with Gasteiger partial charge in [-0.3, -0.25) is 14.9 Å². The minimum atomic E-state index is -0.266. The highest BCUT2D eigenvalue weighted by atomic mass is 16.6. The number of esters is 1. The summed E-state index contributed by atoms with van der Waals surface area (Å²) < 4.78 is 4.59. The van der Waals surface area contributed by atoms with Crippen LogP contribution >= 0.6 is 0 Å². The van der Waals surface area contributed by atoms with Crippen molar-refractivity contribution in [2.24, 2.45) is 0 Å². The highest BCUT2D eigenvalue weighted by Crippen LogP contribution is 2.11. The third kappa shape index (κ3) is 14.0. The van der Waals surface area contributed by atoms with Crippen molar-refractivity contribution in [1.29, 1.82) is 0 Å². The maximum absolute atomic E-state index is 11.0. The van der Waals surface area contributed by atoms with Crippen molar-refractivity contribution >= 4 is 5.97 Å². The number of allylic oxidation sites excluding steroid dienone is 3. The third-order valence-corrected chi connectivity index (χ3v) is 3.90. The van der Waals surface area contributed by atoms with E-state index in [4.69, 9.17) is 0 Å². The van der Waals surface area contributed by atoms with Gasteiger partial charge in [0, 0.05) is 6.42 Å². The Labute approximate surface area is 146 Å². The van der Waals surface area contributed by atoms with Gasteiger partial charge in [0.1, 0.15) is 0 Å². The number of carbonyl (C=O) groups is 1. The van der Waals surface area contributed by atoms with Crippen molar-refractivity contribution < 1.29 is 14.5 Å². The van der Waals surface area contributed by atoms with E-state index in [1.54, 1.807) is 6.08 Å². The van der Waals surface area contributed by atoms with Crippen molar-refractivity contribution in [3.05, 3.63) is 34.0 Å². The van der Waals surface area contributed by atoms with Gasteiger partial charge in [-0.25, -0.2) is 0 Å². The van der Waals surface area contributed by atoms with Gasteiger partial charge >= 0.3 is 5.97 Å². The number of carbonyl (C=O) groups excluding carboxylic acids is 1. The molecule has 0 saturated carbocycles. The van der Waals surface area contributed by atoms with Crippen LogP contribution in [0.2, 0.25) is 0 Å². The fourth-order valence-electron chi connectivity index (χ4n) is 2.38. The van der Waals surface area contributed by atoms with Crippen LogP contribution in [0.15, 0.2) is 23.9 Å². The monoisotopic (exact) mass is 339 g/mol. The van der Waals surface area contributed by atoms with Gasteiger partial charge in [-0.1, -0.05) is 51.2 Å². The first-order chi connectivity index (χ1) is 11.6. The number of ether oxygens (including phenoxy) is 1. The van der Waals surface area contributed by atoms with E-state index >= 15 is 0 Å². The average molecular weight is 339 g/mol. The Morgan fingerprint density at radius 1 is 1.00 bits per heavy atom. The standard InChI is InChI=1S/C19H33NO4/c1-3-4-5-12-15-18(20(22)23)16-13-10-8-6-7-9-11-14-17-19(21)24-2/h10,13,15H,3-9,11-12,14,16-17H2,1-2H3/b13-10-,18-15-. The van der Waals surface area contributed by atoms with E-state index in [0.717, 1.165) is 64.2 Å². The van der Waals surface area contributed by atoms with Crippen molar-refractivity contribution in [2.45, 2.75) is 84.0 Å². The first-order valence-electron chi connectivity index (χ1n) is 9.17. The van der Waals surface area contributed by atoms with E-state index in [2.05, 4.69) is 11.7 Å². The molecule has 0 amide bonds. The number of rotatable bonds is 15. The van der Waals surface area contributed by atoms with Crippen LogP contribution in [-0.2, 0) is 9.53 Å². The molecule has 0 bridgehead atoms. The van der Waals surface area contributed by atoms with Gasteiger partial charge < -0.3 is 4.74 Å². The average Bonchev–Trinajstić information content (AvgIpc) is 2.57. The van der Waals surface area contributed by atoms with Gasteiger partial charge in [-0.15, -0.1) is 0 Å². The lowest BCUT2D eigenvalue weighted by atomic mass is 10.1. The summed E-state index contributed by atoms with van der Waals surface area (Å²) in [6, 6.07) is 0. The summed E-state index contributed by atoms with van der Waals surface area (Å²) in [6.07, 6.45) is 16.9. The fraction of sp³-hybridized carbons (Fsp3) is 0.737. The predicted molar refractivity (Wildman–Crippen MR) is 97.3 cm³/mol. The van der Waals surface area contributed by atoms with Crippen LogP contribution in [0.3, 0.4) is 0 Å². The van der Waals surface area contributed by atoms with E-state index in [0.29, 0.717) is 18.5 Å². The lowest BCUT2D eigenvalue weighted by Crippen LogP contribution is -1.99. The zero-order valence-corrected chi connectivity index (χ0v) is 15.3. The van der Waals surface area contributed by atoms with Gasteiger partial charge in [0.25, 0.3) is 0 Å². The maximum Gasteiger partial charge on any atom is 0.305 e. The van der Waals surface area contributed by atoms with Crippen LogP contribution in [-0.4, -0.2) is 18.0 Å². The first-order valence-corrected chi connectivity index (χ1v) is 9.17. The zero-order chi connectivity index (χ0) is 18.0. The molecule has 0 aromatic rings. The molecule has 0 spiro atoms. The van der Waals surface area contributed by atoms with Crippen molar-refractivity contribution in [3.8, 4) is 0 Å². The number of hydrogen-bond donors (Lipinski definition) is 0. The Bertz CT molecular complexity index is 402. The molecular formula is C19H33NO4. The van der Waals surface area contributed by atoms with E-state index in [1.165, 1.54) is 7.11 Å². The van der Waals surface area contributed by atoms with Crippen molar-refractivity contribution in [2.75, 3.05) is 7.11 Å². The van der Waals surface area contributed by atoms with Crippen LogP contribution in [0.25, 0.3) is 0 Å². The molecule has 138 valence electrons. The molecule has 0 aromatic carbocycles. The predicted octanol–water partition coefficient (Wildman–Crippen LogP) is 5.58. The van der Waals surface area contributed by atoms with E-state index in [9.17, 15) is 14.9 Å². The highest BCUT2D eigenvalue weighted by Gasteiger charge is 2.06. The van der Waals surface area contributed by atoms with Gasteiger partial charge in [-0.05, 0) is 38.2 Å². The molecule has 24 heavy (non-hydrogen) atoms. The van der Waals surface area contributed by atoms with E-state index in [1.807, 2.05) is 12.2 Å². The molecule has 0 saturated heterocycles. The quantitative estimate of drug-likeness (QED) is 0.128. The Morgan fingerprint density at radius 2 is 1.67 bits per heavy atom. The molecule has 0 unspecified atom stereocenters. The summed E-state index contributed by atoms with van der Waals surface area (Å²) in [7, 11) is 1.42. The minimum absolute atomic E-state index is 0.137. The van der Waals surface area contributed by atoms with E-state index < -0.39 is 0 Å². The van der Waals surface area contributed by atoms with Crippen LogP contribution in [0, 0.1) is 10.1 Å². The highest BCUT2D eigenvalue weighted by molar-refractivity contribution is 5.68. The molecule has 0 aliphatic heterocycles. The molecule has 5 nitrogen and oxygen atoms in total. The molecule has 0 N–H and O–H groups in total. The third-order valence-electron chi connectivity index (χ3n) is 3.90. The van der Waals surface area contributed by atoms with Crippen LogP contribution < -0.4 is 0 Å². The second kappa shape index (κ2) is 16.2. The largest absolute Gasteiger partial charge is 0.469 e. The number of nitrogens with zero attached hydrogens (tertiary/aromatic N) is 1. The molecule has 0 radical (unpaired) electrons. The van der Waals surface area contributed by atoms with Crippen LogP contribution in [0.5, 0.6) is 0 Å². The number of unbranched alkanes of at least 4 members (excludes halogenated alkanes) is 8. The Kier molecular flexibility index (Phi) is 15.1. The minimum Gasteiger partial charge on any atom is -0.469 e. The summed E-state index contributed by atoms with van der Waals surface area (Å²) in [6.45, 7) is 2.13. The lowest BCUT2D eigenvalue weighted by Gasteiger charge is -2.00. The summed E-state index contributed by atoms with van der Waals surface area (Å²) in [5.41, 5.74) is 0.310. The lowest BCUT2D eigenvalue weighted by molar-refractivity contribution is -0.427. The van der Waals surface area contributed by atoms with Crippen LogP contribution in [0.1, 0.15) is 84.0 Å². The molecule has 0 aliphatic carbocycles. The number of methoxy groups -OCH3 is 1. The fourth-order valence-corrected chi connectivity index (χ4v) is 2.38. The zero-order valence-electron chi connectivity index (χ0n) is 15.3. The number of hydrogen-bond acceptors (Lipinski definition) is 4. The summed E-state index contributed by atoms with van der Waals surface area (Å²) >= 11 is 0. The molecule has 0 heterocycles. The summed E-state index contributed by atoms with van der Waals surface area (Å²) in [4.78, 5) is 21.6. The molecular weight excluding hydrogens is 306 g/mol. The smallest absolute Gasteiger partial charge is 0.305 e. The Hall–Kier alpha value is -1.65. The Balaban J connectivity index is 3.70. The molecule has 0 aliphatic rings. The van der Waals surface area contributed by atoms with Crippen molar-refractivity contribution in [3.63, 3.8) is 0 Å². The van der Waals surface area contributed by atoms with Gasteiger partial charge in [0.15, 0.2) is 0 Å². The topological polar surface area (TPSA) is 69.4 Å². The summed E-state index contributed by atoms with van der Waals surface area (Å²) in [5.74, 6) is -0.137. The molecule has 0 fully saturated rings. The second-order valence-electron chi connectivity index (χ2n) is 6.01. The SMILES string of the molecule is CCCCC/C=C(/C/C=C\CCCCCCCC(=O)OC)[N+](=O)[O-]. The van der Waals surface area contributed by atoms with Crippen molar-refractivity contribution in [1.82, 2.24) is 0 Å². The molecule has 5 heteroatoms. The molecule has 0 aromatic heterocycles. The molecule has 0 rings (SSSR count). The second-order valence-corrected chi connectivity index (χ2v) is 6.01. The van der Waals surface area contributed by atoms with Gasteiger partial charge in [0.05, 0.1) is 18.5 Å². The van der Waals surface area contributed by atoms with E-state index in [-0.39, 0.29) is 10.9 Å². The molecule has 0 atom stereocenters. The first kappa shape index (κ1) is 22.4. The number of nitro groups is 1. The van der Waals surface area contributed by atoms with Gasteiger partial charge in [0.2, 0.25) is 5.70 Å². The maximum atomic E-state index is 11.0. The van der Waals surface area contributed by atoms with Crippen LogP contribution in [0.4, 0.5) is 0 Å². The van der Waals surface area contributed by atoms with Gasteiger partial charge in [-0.2, -0.15) is 0 Å².